The molecule has 6 heteroatoms. The van der Waals surface area contributed by atoms with Gasteiger partial charge in [0.1, 0.15) is 11.6 Å². The molecular formula is C13H15BrClF2NO. The number of alkyl halides is 1. The summed E-state index contributed by atoms with van der Waals surface area (Å²) < 4.78 is 26.7. The molecule has 0 aliphatic carbocycles. The molecule has 0 bridgehead atoms. The van der Waals surface area contributed by atoms with Gasteiger partial charge in [-0.3, -0.25) is 4.79 Å². The normalized spacial score (nSPS) is 12.6. The largest absolute Gasteiger partial charge is 0.351 e. The van der Waals surface area contributed by atoms with Gasteiger partial charge in [-0.1, -0.05) is 41.4 Å². The molecule has 0 saturated heterocycles. The van der Waals surface area contributed by atoms with Crippen LogP contribution >= 0.6 is 27.5 Å². The van der Waals surface area contributed by atoms with E-state index in [0.717, 1.165) is 18.6 Å². The van der Waals surface area contributed by atoms with E-state index in [4.69, 9.17) is 11.6 Å². The van der Waals surface area contributed by atoms with Crippen LogP contribution in [0.2, 0.25) is 5.02 Å². The maximum atomic E-state index is 13.5. The highest BCUT2D eigenvalue weighted by Gasteiger charge is 2.16. The van der Waals surface area contributed by atoms with Crippen LogP contribution in [0.25, 0.3) is 0 Å². The highest BCUT2D eigenvalue weighted by molar-refractivity contribution is 9.09. The molecule has 106 valence electrons. The van der Waals surface area contributed by atoms with Gasteiger partial charge in [0.25, 0.3) is 5.91 Å². The first-order valence-corrected chi connectivity index (χ1v) is 7.17. The summed E-state index contributed by atoms with van der Waals surface area (Å²) in [7, 11) is 0. The van der Waals surface area contributed by atoms with E-state index in [9.17, 15) is 13.6 Å². The third-order valence-electron chi connectivity index (χ3n) is 2.47. The van der Waals surface area contributed by atoms with Crippen molar-refractivity contribution in [1.29, 1.82) is 0 Å². The van der Waals surface area contributed by atoms with Crippen LogP contribution in [-0.2, 0) is 0 Å². The zero-order valence-electron chi connectivity index (χ0n) is 10.6. The number of halogens is 4. The van der Waals surface area contributed by atoms with Crippen molar-refractivity contribution in [3.8, 4) is 0 Å². The minimum atomic E-state index is -0.834. The van der Waals surface area contributed by atoms with Crippen molar-refractivity contribution >= 4 is 33.4 Å². The molecule has 2 nitrogen and oxygen atoms in total. The first-order chi connectivity index (χ1) is 8.81. The fraction of sp³-hybridized carbons (Fsp3) is 0.462. The molecular weight excluding hydrogens is 340 g/mol. The first kappa shape index (κ1) is 16.4. The summed E-state index contributed by atoms with van der Waals surface area (Å²) in [5, 5.41) is 2.22. The van der Waals surface area contributed by atoms with E-state index in [1.54, 1.807) is 0 Å². The fourth-order valence-corrected chi connectivity index (χ4v) is 2.65. The highest BCUT2D eigenvalue weighted by atomic mass is 79.9. The number of carbonyl (C=O) groups excluding carboxylic acids is 1. The lowest BCUT2D eigenvalue weighted by molar-refractivity contribution is 0.0949. The third kappa shape index (κ3) is 5.07. The second-order valence-electron chi connectivity index (χ2n) is 4.68. The summed E-state index contributed by atoms with van der Waals surface area (Å²) in [4.78, 5) is 11.8. The SMILES string of the molecule is CC(C)CC(Br)CNC(=O)c1cc(F)c(Cl)cc1F. The van der Waals surface area contributed by atoms with E-state index in [0.29, 0.717) is 12.5 Å². The Bertz CT molecular complexity index is 468. The molecule has 1 aromatic rings. The summed E-state index contributed by atoms with van der Waals surface area (Å²) in [6.07, 6.45) is 0.873. The monoisotopic (exact) mass is 353 g/mol. The molecule has 0 aliphatic heterocycles. The van der Waals surface area contributed by atoms with Gasteiger partial charge in [-0.15, -0.1) is 0 Å². The lowest BCUT2D eigenvalue weighted by Crippen LogP contribution is -2.30. The van der Waals surface area contributed by atoms with E-state index in [1.165, 1.54) is 0 Å². The molecule has 0 heterocycles. The Kier molecular flexibility index (Phi) is 6.20. The van der Waals surface area contributed by atoms with Crippen molar-refractivity contribution in [2.24, 2.45) is 5.92 Å². The number of carbonyl (C=O) groups is 1. The molecule has 1 atom stereocenters. The molecule has 1 rings (SSSR count). The van der Waals surface area contributed by atoms with Gasteiger partial charge in [0, 0.05) is 11.4 Å². The van der Waals surface area contributed by atoms with Crippen molar-refractivity contribution in [2.45, 2.75) is 25.1 Å². The van der Waals surface area contributed by atoms with Crippen molar-refractivity contribution in [3.05, 3.63) is 34.4 Å². The van der Waals surface area contributed by atoms with Gasteiger partial charge >= 0.3 is 0 Å². The maximum absolute atomic E-state index is 13.5. The molecule has 0 aromatic heterocycles. The number of benzene rings is 1. The van der Waals surface area contributed by atoms with Crippen LogP contribution in [-0.4, -0.2) is 17.3 Å². The van der Waals surface area contributed by atoms with Crippen molar-refractivity contribution in [1.82, 2.24) is 5.32 Å². The van der Waals surface area contributed by atoms with Crippen molar-refractivity contribution < 1.29 is 13.6 Å². The minimum absolute atomic E-state index is 0.0941. The molecule has 0 saturated carbocycles. The first-order valence-electron chi connectivity index (χ1n) is 5.88. The standard InChI is InChI=1S/C13H15BrClF2NO/c1-7(2)3-8(14)6-18-13(19)9-4-12(17)10(15)5-11(9)16/h4-5,7-8H,3,6H2,1-2H3,(H,18,19). The lowest BCUT2D eigenvalue weighted by Gasteiger charge is -2.13. The third-order valence-corrected chi connectivity index (χ3v) is 3.45. The smallest absolute Gasteiger partial charge is 0.254 e. The van der Waals surface area contributed by atoms with Crippen LogP contribution in [0.15, 0.2) is 12.1 Å². The Balaban J connectivity index is 2.66. The van der Waals surface area contributed by atoms with Gasteiger partial charge in [-0.2, -0.15) is 0 Å². The number of hydrogen-bond acceptors (Lipinski definition) is 1. The highest BCUT2D eigenvalue weighted by Crippen LogP contribution is 2.19. The maximum Gasteiger partial charge on any atom is 0.254 e. The van der Waals surface area contributed by atoms with Crippen LogP contribution < -0.4 is 5.32 Å². The van der Waals surface area contributed by atoms with Crippen molar-refractivity contribution in [3.63, 3.8) is 0 Å². The second kappa shape index (κ2) is 7.20. The summed E-state index contributed by atoms with van der Waals surface area (Å²) in [5.41, 5.74) is -0.342. The number of rotatable bonds is 5. The molecule has 1 aromatic carbocycles. The number of nitrogens with one attached hydrogen (secondary N) is 1. The molecule has 1 N–H and O–H groups in total. The average Bonchev–Trinajstić information content (AvgIpc) is 2.30. The van der Waals surface area contributed by atoms with Crippen LogP contribution in [0.5, 0.6) is 0 Å². The molecule has 0 spiro atoms. The fourth-order valence-electron chi connectivity index (χ4n) is 1.59. The van der Waals surface area contributed by atoms with Crippen molar-refractivity contribution in [2.75, 3.05) is 6.54 Å². The van der Waals surface area contributed by atoms with Gasteiger partial charge < -0.3 is 5.32 Å². The van der Waals surface area contributed by atoms with Crippen LogP contribution in [0, 0.1) is 17.6 Å². The van der Waals surface area contributed by atoms with Gasteiger partial charge in [-0.25, -0.2) is 8.78 Å². The Labute approximate surface area is 124 Å². The Morgan fingerprint density at radius 3 is 2.58 bits per heavy atom. The summed E-state index contributed by atoms with van der Waals surface area (Å²) in [5.74, 6) is -1.82. The number of amides is 1. The number of hydrogen-bond donors (Lipinski definition) is 1. The lowest BCUT2D eigenvalue weighted by atomic mass is 10.1. The quantitative estimate of drug-likeness (QED) is 0.624. The Hall–Kier alpha value is -0.680. The molecule has 1 unspecified atom stereocenters. The summed E-state index contributed by atoms with van der Waals surface area (Å²) in [6, 6.07) is 1.60. The van der Waals surface area contributed by atoms with E-state index in [1.807, 2.05) is 0 Å². The van der Waals surface area contributed by atoms with E-state index >= 15 is 0 Å². The van der Waals surface area contributed by atoms with Gasteiger partial charge in [-0.05, 0) is 24.5 Å². The minimum Gasteiger partial charge on any atom is -0.351 e. The zero-order valence-corrected chi connectivity index (χ0v) is 13.0. The van der Waals surface area contributed by atoms with Gasteiger partial charge in [0.15, 0.2) is 0 Å². The molecule has 19 heavy (non-hydrogen) atoms. The van der Waals surface area contributed by atoms with E-state index in [-0.39, 0.29) is 15.4 Å². The zero-order chi connectivity index (χ0) is 14.6. The molecule has 1 amide bonds. The van der Waals surface area contributed by atoms with E-state index in [2.05, 4.69) is 35.1 Å². The second-order valence-corrected chi connectivity index (χ2v) is 6.39. The van der Waals surface area contributed by atoms with Crippen LogP contribution in [0.3, 0.4) is 0 Å². The summed E-state index contributed by atoms with van der Waals surface area (Å²) in [6.45, 7) is 4.47. The molecule has 0 aliphatic rings. The van der Waals surface area contributed by atoms with E-state index < -0.39 is 17.5 Å². The van der Waals surface area contributed by atoms with Crippen LogP contribution in [0.1, 0.15) is 30.6 Å². The Morgan fingerprint density at radius 1 is 1.37 bits per heavy atom. The summed E-state index contributed by atoms with van der Waals surface area (Å²) >= 11 is 8.84. The predicted octanol–water partition coefficient (Wildman–Crippen LogP) is 4.16. The Morgan fingerprint density at radius 2 is 2.00 bits per heavy atom. The topological polar surface area (TPSA) is 29.1 Å². The molecule has 0 radical (unpaired) electrons. The average molecular weight is 355 g/mol. The predicted molar refractivity (Wildman–Crippen MR) is 75.9 cm³/mol. The van der Waals surface area contributed by atoms with Crippen LogP contribution in [0.4, 0.5) is 8.78 Å². The van der Waals surface area contributed by atoms with Gasteiger partial charge in [0.2, 0.25) is 0 Å². The molecule has 0 fully saturated rings. The van der Waals surface area contributed by atoms with Gasteiger partial charge in [0.05, 0.1) is 10.6 Å².